The van der Waals surface area contributed by atoms with Gasteiger partial charge in [-0.25, -0.2) is 0 Å². The molecule has 0 aromatic heterocycles. The van der Waals surface area contributed by atoms with Crippen molar-refractivity contribution in [1.29, 1.82) is 0 Å². The van der Waals surface area contributed by atoms with Gasteiger partial charge in [-0.1, -0.05) is 0 Å². The number of hydrogen-bond donors (Lipinski definition) is 0. The molecule has 0 N–H and O–H groups in total. The normalized spacial score (nSPS) is 8.17. The summed E-state index contributed by atoms with van der Waals surface area (Å²) < 4.78 is 0. The van der Waals surface area contributed by atoms with Crippen LogP contribution in [0.5, 0.6) is 0 Å². The topological polar surface area (TPSA) is 17.1 Å². The zero-order valence-corrected chi connectivity index (χ0v) is 5.97. The van der Waals surface area contributed by atoms with Gasteiger partial charge >= 0.3 is 41.5 Å². The number of rotatable bonds is 0. The molecule has 0 rings (SSSR count). The molecule has 0 unspecified atom stereocenters. The van der Waals surface area contributed by atoms with Gasteiger partial charge in [0, 0.05) is 0 Å². The summed E-state index contributed by atoms with van der Waals surface area (Å²) in [5.41, 5.74) is 0. The Morgan fingerprint density at radius 1 is 1.17 bits per heavy atom. The van der Waals surface area contributed by atoms with E-state index in [0.717, 1.165) is 0 Å². The third kappa shape index (κ3) is 74.3. The average Bonchev–Trinajstić information content (AvgIpc) is 1.41. The summed E-state index contributed by atoms with van der Waals surface area (Å²) in [6.45, 7) is 2.00. The third-order valence-electron chi connectivity index (χ3n) is 0. The molecule has 0 fully saturated rings. The maximum atomic E-state index is 8.00. The second-order valence-electron chi connectivity index (χ2n) is 0.152. The van der Waals surface area contributed by atoms with Crippen LogP contribution in [0.2, 0.25) is 0 Å². The van der Waals surface area contributed by atoms with Gasteiger partial charge in [0.2, 0.25) is 0 Å². The van der Waals surface area contributed by atoms with Gasteiger partial charge in [0.05, 0.1) is 0 Å². The van der Waals surface area contributed by atoms with Crippen LogP contribution >= 0.6 is 30.3 Å². The first kappa shape index (κ1) is 10.1. The van der Waals surface area contributed by atoms with Gasteiger partial charge in [-0.3, -0.25) is 0 Å². The predicted octanol–water partition coefficient (Wildman–Crippen LogP) is 1.88. The summed E-state index contributed by atoms with van der Waals surface area (Å²) in [7, 11) is 14.7. The Labute approximate surface area is 53.1 Å². The van der Waals surface area contributed by atoms with E-state index in [0.29, 0.717) is 0 Å². The Kier molecular flexibility index (Phi) is 15.9. The van der Waals surface area contributed by atoms with Gasteiger partial charge in [0.1, 0.15) is 6.79 Å². The first-order chi connectivity index (χ1) is 2.73. The fourth-order valence-electron chi connectivity index (χ4n) is 0. The standard InChI is InChI=1S/CH2O.3ClH.Fe/c1-2;;;;/h1H2;3*1H;/q;;;;+3/p-3. The minimum absolute atomic E-state index is 1.33. The van der Waals surface area contributed by atoms with E-state index < -0.39 is 11.2 Å². The van der Waals surface area contributed by atoms with Crippen LogP contribution in [-0.2, 0) is 16.0 Å². The van der Waals surface area contributed by atoms with E-state index in [-0.39, 0.29) is 0 Å². The van der Waals surface area contributed by atoms with Crippen LogP contribution in [0.4, 0.5) is 0 Å². The summed E-state index contributed by atoms with van der Waals surface area (Å²) in [6, 6.07) is 0. The Morgan fingerprint density at radius 2 is 1.17 bits per heavy atom. The Hall–Kier alpha value is 1.06. The Morgan fingerprint density at radius 3 is 1.17 bits per heavy atom. The first-order valence-corrected chi connectivity index (χ1v) is 5.25. The van der Waals surface area contributed by atoms with Crippen LogP contribution in [0.1, 0.15) is 0 Å². The zero-order chi connectivity index (χ0) is 5.58. The molecule has 0 aliphatic heterocycles. The van der Waals surface area contributed by atoms with Gasteiger partial charge in [0.15, 0.2) is 0 Å². The quantitative estimate of drug-likeness (QED) is 0.535. The number of halogens is 3. The second kappa shape index (κ2) is 9.41. The first-order valence-electron chi connectivity index (χ1n) is 0.690. The summed E-state index contributed by atoms with van der Waals surface area (Å²) >= 11 is -1.33. The molecule has 0 aliphatic rings. The summed E-state index contributed by atoms with van der Waals surface area (Å²) in [6.07, 6.45) is 0. The Balaban J connectivity index is 0. The van der Waals surface area contributed by atoms with Gasteiger partial charge < -0.3 is 4.79 Å². The van der Waals surface area contributed by atoms with Crippen molar-refractivity contribution in [2.45, 2.75) is 0 Å². The van der Waals surface area contributed by atoms with Crippen LogP contribution in [0, 0.1) is 0 Å². The predicted molar refractivity (Wildman–Crippen MR) is 24.7 cm³/mol. The number of hydrogen-bond acceptors (Lipinski definition) is 1. The SMILES string of the molecule is C=O.[Cl][Fe]([Cl])[Cl]. The number of carbonyl (C=O) groups is 1. The van der Waals surface area contributed by atoms with E-state index >= 15 is 0 Å². The van der Waals surface area contributed by atoms with E-state index in [2.05, 4.69) is 0 Å². The molecule has 0 aliphatic carbocycles. The van der Waals surface area contributed by atoms with Crippen molar-refractivity contribution >= 4 is 37.1 Å². The second-order valence-corrected chi connectivity index (χ2v) is 5.62. The van der Waals surface area contributed by atoms with Crippen molar-refractivity contribution in [1.82, 2.24) is 0 Å². The van der Waals surface area contributed by atoms with Crippen molar-refractivity contribution in [2.75, 3.05) is 0 Å². The van der Waals surface area contributed by atoms with Crippen LogP contribution in [0.15, 0.2) is 0 Å². The van der Waals surface area contributed by atoms with Gasteiger partial charge in [-0.2, -0.15) is 0 Å². The Bertz CT molecular complexity index is 22.0. The molecule has 0 heterocycles. The molecule has 0 aromatic rings. The van der Waals surface area contributed by atoms with Gasteiger partial charge in [0.25, 0.3) is 0 Å². The fraction of sp³-hybridized carbons (Fsp3) is 0. The van der Waals surface area contributed by atoms with E-state index in [1.165, 1.54) is 0 Å². The third-order valence-corrected chi connectivity index (χ3v) is 0. The van der Waals surface area contributed by atoms with Crippen LogP contribution in [0.25, 0.3) is 0 Å². The molecule has 5 heteroatoms. The average molecular weight is 192 g/mol. The van der Waals surface area contributed by atoms with Crippen molar-refractivity contribution in [2.24, 2.45) is 0 Å². The molecule has 0 saturated heterocycles. The molecule has 1 nitrogen and oxygen atoms in total. The van der Waals surface area contributed by atoms with Crippen LogP contribution < -0.4 is 0 Å². The van der Waals surface area contributed by atoms with E-state index in [9.17, 15) is 0 Å². The summed E-state index contributed by atoms with van der Waals surface area (Å²) in [5, 5.41) is 0. The molecule has 0 saturated carbocycles. The molecule has 0 atom stereocenters. The van der Waals surface area contributed by atoms with Gasteiger partial charge in [-0.15, -0.1) is 0 Å². The fourth-order valence-corrected chi connectivity index (χ4v) is 0. The van der Waals surface area contributed by atoms with E-state index in [4.69, 9.17) is 35.1 Å². The molecule has 0 amide bonds. The summed E-state index contributed by atoms with van der Waals surface area (Å²) in [5.74, 6) is 0. The molecular formula is CH2Cl3FeO. The van der Waals surface area contributed by atoms with Crippen molar-refractivity contribution in [3.05, 3.63) is 0 Å². The molecule has 41 valence electrons. The van der Waals surface area contributed by atoms with Crippen LogP contribution in [-0.4, -0.2) is 6.79 Å². The molecule has 6 heavy (non-hydrogen) atoms. The van der Waals surface area contributed by atoms with Gasteiger partial charge in [-0.05, 0) is 0 Å². The van der Waals surface area contributed by atoms with Crippen molar-refractivity contribution in [3.8, 4) is 0 Å². The molecule has 0 radical (unpaired) electrons. The van der Waals surface area contributed by atoms with E-state index in [1.807, 2.05) is 6.79 Å². The van der Waals surface area contributed by atoms with Crippen molar-refractivity contribution < 1.29 is 16.0 Å². The van der Waals surface area contributed by atoms with Crippen LogP contribution in [0.3, 0.4) is 0 Å². The maximum absolute atomic E-state index is 8.00. The monoisotopic (exact) mass is 191 g/mol. The molecule has 0 aromatic carbocycles. The van der Waals surface area contributed by atoms with Crippen molar-refractivity contribution in [3.63, 3.8) is 0 Å². The molecular weight excluding hydrogens is 190 g/mol. The van der Waals surface area contributed by atoms with E-state index in [1.54, 1.807) is 0 Å². The molecule has 0 bridgehead atoms. The minimum atomic E-state index is -1.33. The number of carbonyl (C=O) groups excluding carboxylic acids is 1. The molecule has 0 spiro atoms. The zero-order valence-electron chi connectivity index (χ0n) is 2.60. The summed E-state index contributed by atoms with van der Waals surface area (Å²) in [4.78, 5) is 8.00.